The molecule has 2 fully saturated rings. The van der Waals surface area contributed by atoms with Gasteiger partial charge in [-0.05, 0) is 24.2 Å². The molecule has 2 aliphatic rings. The zero-order valence-electron chi connectivity index (χ0n) is 8.12. The molecule has 2 rings (SSSR count). The summed E-state index contributed by atoms with van der Waals surface area (Å²) in [5.74, 6) is 0.160. The van der Waals surface area contributed by atoms with Gasteiger partial charge in [-0.3, -0.25) is 9.69 Å². The minimum Gasteiger partial charge on any atom is -0.480 e. The van der Waals surface area contributed by atoms with Crippen molar-refractivity contribution in [1.29, 1.82) is 0 Å². The molecule has 74 valence electrons. The molecule has 3 nitrogen and oxygen atoms in total. The molecule has 0 aromatic rings. The molecule has 1 saturated carbocycles. The summed E-state index contributed by atoms with van der Waals surface area (Å²) in [6, 6.07) is 0. The highest BCUT2D eigenvalue weighted by Crippen LogP contribution is 2.47. The fourth-order valence-corrected chi connectivity index (χ4v) is 2.99. The summed E-state index contributed by atoms with van der Waals surface area (Å²) in [5.41, 5.74) is 0.509. The molecule has 1 atom stereocenters. The van der Waals surface area contributed by atoms with E-state index in [2.05, 4.69) is 6.92 Å². The maximum absolute atomic E-state index is 10.4. The molecule has 1 spiro atoms. The number of aliphatic carboxylic acids is 1. The van der Waals surface area contributed by atoms with Crippen LogP contribution >= 0.6 is 0 Å². The predicted octanol–water partition coefficient (Wildman–Crippen LogP) is 1.19. The first-order valence-electron chi connectivity index (χ1n) is 5.04. The van der Waals surface area contributed by atoms with Crippen molar-refractivity contribution in [3.63, 3.8) is 0 Å². The van der Waals surface area contributed by atoms with Crippen molar-refractivity contribution in [1.82, 2.24) is 4.90 Å². The van der Waals surface area contributed by atoms with Gasteiger partial charge in [0.25, 0.3) is 0 Å². The molecule has 1 aliphatic carbocycles. The van der Waals surface area contributed by atoms with Gasteiger partial charge in [0, 0.05) is 13.1 Å². The number of carbonyl (C=O) groups is 1. The van der Waals surface area contributed by atoms with Crippen LogP contribution in [0, 0.1) is 11.3 Å². The van der Waals surface area contributed by atoms with Crippen LogP contribution in [0.4, 0.5) is 0 Å². The van der Waals surface area contributed by atoms with Crippen LogP contribution in [0.5, 0.6) is 0 Å². The second kappa shape index (κ2) is 2.98. The van der Waals surface area contributed by atoms with Crippen LogP contribution in [0.3, 0.4) is 0 Å². The normalized spacial score (nSPS) is 31.9. The predicted molar refractivity (Wildman–Crippen MR) is 49.5 cm³/mol. The summed E-state index contributed by atoms with van der Waals surface area (Å²) in [6.07, 6.45) is 3.95. The highest BCUT2D eigenvalue weighted by atomic mass is 16.4. The summed E-state index contributed by atoms with van der Waals surface area (Å²) >= 11 is 0. The van der Waals surface area contributed by atoms with Crippen molar-refractivity contribution in [3.05, 3.63) is 0 Å². The Labute approximate surface area is 78.7 Å². The van der Waals surface area contributed by atoms with E-state index in [4.69, 9.17) is 5.11 Å². The van der Waals surface area contributed by atoms with Gasteiger partial charge < -0.3 is 5.11 Å². The standard InChI is InChI=1S/C10H17NO2/c1-8-2-3-10(4-8)6-11(7-10)5-9(12)13/h8H,2-7H2,1H3,(H,12,13). The lowest BCUT2D eigenvalue weighted by atomic mass is 9.77. The number of rotatable bonds is 2. The Bertz CT molecular complexity index is 221. The van der Waals surface area contributed by atoms with Crippen molar-refractivity contribution in [3.8, 4) is 0 Å². The largest absolute Gasteiger partial charge is 0.480 e. The van der Waals surface area contributed by atoms with Crippen molar-refractivity contribution < 1.29 is 9.90 Å². The summed E-state index contributed by atoms with van der Waals surface area (Å²) in [6.45, 7) is 4.57. The van der Waals surface area contributed by atoms with Crippen LogP contribution in [0.1, 0.15) is 26.2 Å². The van der Waals surface area contributed by atoms with Gasteiger partial charge in [-0.15, -0.1) is 0 Å². The third-order valence-electron chi connectivity index (χ3n) is 3.43. The first-order chi connectivity index (χ1) is 6.10. The van der Waals surface area contributed by atoms with Crippen LogP contribution in [-0.4, -0.2) is 35.6 Å². The molecule has 0 aromatic heterocycles. The van der Waals surface area contributed by atoms with Gasteiger partial charge in [0.1, 0.15) is 0 Å². The molecule has 13 heavy (non-hydrogen) atoms. The lowest BCUT2D eigenvalue weighted by Gasteiger charge is -2.47. The number of carboxylic acid groups (broad SMARTS) is 1. The van der Waals surface area contributed by atoms with E-state index in [0.717, 1.165) is 19.0 Å². The molecule has 3 heteroatoms. The van der Waals surface area contributed by atoms with Crippen molar-refractivity contribution in [2.24, 2.45) is 11.3 Å². The van der Waals surface area contributed by atoms with E-state index in [9.17, 15) is 4.79 Å². The average Bonchev–Trinajstić information content (AvgIpc) is 2.29. The molecule has 1 heterocycles. The second-order valence-corrected chi connectivity index (χ2v) is 4.89. The first kappa shape index (κ1) is 9.00. The summed E-state index contributed by atoms with van der Waals surface area (Å²) in [4.78, 5) is 12.5. The maximum Gasteiger partial charge on any atom is 0.317 e. The minimum absolute atomic E-state index is 0.232. The second-order valence-electron chi connectivity index (χ2n) is 4.89. The van der Waals surface area contributed by atoms with E-state index >= 15 is 0 Å². The Morgan fingerprint density at radius 2 is 2.31 bits per heavy atom. The fourth-order valence-electron chi connectivity index (χ4n) is 2.99. The smallest absolute Gasteiger partial charge is 0.317 e. The molecule has 1 unspecified atom stereocenters. The van der Waals surface area contributed by atoms with E-state index < -0.39 is 5.97 Å². The van der Waals surface area contributed by atoms with Gasteiger partial charge in [-0.25, -0.2) is 0 Å². The van der Waals surface area contributed by atoms with E-state index in [0.29, 0.717) is 5.41 Å². The van der Waals surface area contributed by atoms with Crippen LogP contribution in [0.2, 0.25) is 0 Å². The lowest BCUT2D eigenvalue weighted by Crippen LogP contribution is -2.56. The number of carboxylic acids is 1. The van der Waals surface area contributed by atoms with Gasteiger partial charge in [0.05, 0.1) is 6.54 Å². The van der Waals surface area contributed by atoms with E-state index in [-0.39, 0.29) is 6.54 Å². The van der Waals surface area contributed by atoms with Gasteiger partial charge in [0.15, 0.2) is 0 Å². The number of hydrogen-bond acceptors (Lipinski definition) is 2. The van der Waals surface area contributed by atoms with Gasteiger partial charge in [0.2, 0.25) is 0 Å². The SMILES string of the molecule is CC1CCC2(C1)CN(CC(=O)O)C2. The minimum atomic E-state index is -0.694. The van der Waals surface area contributed by atoms with Crippen molar-refractivity contribution in [2.45, 2.75) is 26.2 Å². The number of likely N-dealkylation sites (tertiary alicyclic amines) is 1. The topological polar surface area (TPSA) is 40.5 Å². The van der Waals surface area contributed by atoms with E-state index in [1.54, 1.807) is 0 Å². The lowest BCUT2D eigenvalue weighted by molar-refractivity contribution is -0.141. The van der Waals surface area contributed by atoms with Crippen molar-refractivity contribution in [2.75, 3.05) is 19.6 Å². The molecular formula is C10H17NO2. The molecule has 1 aliphatic heterocycles. The van der Waals surface area contributed by atoms with Gasteiger partial charge in [-0.2, -0.15) is 0 Å². The summed E-state index contributed by atoms with van der Waals surface area (Å²) < 4.78 is 0. The molecular weight excluding hydrogens is 166 g/mol. The first-order valence-corrected chi connectivity index (χ1v) is 5.04. The Hall–Kier alpha value is -0.570. The quantitative estimate of drug-likeness (QED) is 0.699. The van der Waals surface area contributed by atoms with Crippen LogP contribution in [0.15, 0.2) is 0 Å². The van der Waals surface area contributed by atoms with E-state index in [1.165, 1.54) is 19.3 Å². The van der Waals surface area contributed by atoms with Gasteiger partial charge in [-0.1, -0.05) is 13.3 Å². The number of nitrogens with zero attached hydrogens (tertiary/aromatic N) is 1. The highest BCUT2D eigenvalue weighted by Gasteiger charge is 2.46. The monoisotopic (exact) mass is 183 g/mol. The summed E-state index contributed by atoms with van der Waals surface area (Å²) in [5, 5.41) is 8.59. The molecule has 1 saturated heterocycles. The fraction of sp³-hybridized carbons (Fsp3) is 0.900. The molecule has 0 aromatic carbocycles. The Kier molecular flexibility index (Phi) is 2.06. The van der Waals surface area contributed by atoms with Gasteiger partial charge >= 0.3 is 5.97 Å². The molecule has 0 bridgehead atoms. The Morgan fingerprint density at radius 1 is 1.62 bits per heavy atom. The molecule has 0 radical (unpaired) electrons. The Morgan fingerprint density at radius 3 is 2.77 bits per heavy atom. The summed E-state index contributed by atoms with van der Waals surface area (Å²) in [7, 11) is 0. The highest BCUT2D eigenvalue weighted by molar-refractivity contribution is 5.69. The van der Waals surface area contributed by atoms with E-state index in [1.807, 2.05) is 4.90 Å². The molecule has 0 amide bonds. The zero-order chi connectivity index (χ0) is 9.47. The van der Waals surface area contributed by atoms with Crippen molar-refractivity contribution >= 4 is 5.97 Å². The molecule has 1 N–H and O–H groups in total. The average molecular weight is 183 g/mol. The number of hydrogen-bond donors (Lipinski definition) is 1. The zero-order valence-corrected chi connectivity index (χ0v) is 8.12. The van der Waals surface area contributed by atoms with Crippen LogP contribution in [-0.2, 0) is 4.79 Å². The third kappa shape index (κ3) is 1.70. The van der Waals surface area contributed by atoms with Crippen LogP contribution < -0.4 is 0 Å². The maximum atomic E-state index is 10.4. The Balaban J connectivity index is 1.80. The van der Waals surface area contributed by atoms with Crippen LogP contribution in [0.25, 0.3) is 0 Å². The third-order valence-corrected chi connectivity index (χ3v) is 3.43.